The predicted octanol–water partition coefficient (Wildman–Crippen LogP) is 2.45. The van der Waals surface area contributed by atoms with Crippen LogP contribution in [0, 0.1) is 0 Å². The highest BCUT2D eigenvalue weighted by Crippen LogP contribution is 1.91. The number of hydrogen-bond acceptors (Lipinski definition) is 2. The topological polar surface area (TPSA) is 62.0 Å². The zero-order valence-electron chi connectivity index (χ0n) is 11.5. The number of carbonyl (C=O) groups excluding carboxylic acids is 1. The molecule has 17 heavy (non-hydrogen) atoms. The van der Waals surface area contributed by atoms with Gasteiger partial charge in [-0.15, -0.1) is 0 Å². The Labute approximate surface area is 103 Å². The molecular weight excluding hydrogens is 216 g/mol. The van der Waals surface area contributed by atoms with E-state index in [1.807, 2.05) is 27.7 Å². The van der Waals surface area contributed by atoms with Crippen LogP contribution in [0.5, 0.6) is 0 Å². The second-order valence-electron chi connectivity index (χ2n) is 2.69. The molecule has 0 aliphatic rings. The van der Waals surface area contributed by atoms with Crippen LogP contribution in [0.1, 0.15) is 46.6 Å². The fraction of sp³-hybridized carbons (Fsp3) is 0.538. The van der Waals surface area contributed by atoms with Gasteiger partial charge in [0, 0.05) is 25.2 Å². The van der Waals surface area contributed by atoms with E-state index < -0.39 is 0 Å². The maximum absolute atomic E-state index is 10.9. The van der Waals surface area contributed by atoms with Crippen LogP contribution in [0.4, 0.5) is 0 Å². The van der Waals surface area contributed by atoms with Crippen molar-refractivity contribution in [3.63, 3.8) is 0 Å². The van der Waals surface area contributed by atoms with E-state index in [1.165, 1.54) is 6.07 Å². The minimum absolute atomic E-state index is 0.00574. The van der Waals surface area contributed by atoms with Gasteiger partial charge in [-0.25, -0.2) is 0 Å². The Kier molecular flexibility index (Phi) is 13.1. The summed E-state index contributed by atoms with van der Waals surface area (Å²) >= 11 is 0. The number of aromatic nitrogens is 1. The summed E-state index contributed by atoms with van der Waals surface area (Å²) in [5, 5.41) is 2.71. The number of pyridine rings is 1. The van der Waals surface area contributed by atoms with E-state index >= 15 is 0 Å². The summed E-state index contributed by atoms with van der Waals surface area (Å²) in [5.74, 6) is 0.00574. The molecule has 1 aromatic rings. The van der Waals surface area contributed by atoms with Crippen molar-refractivity contribution >= 4 is 5.91 Å². The zero-order chi connectivity index (χ0) is 13.7. The summed E-state index contributed by atoms with van der Waals surface area (Å²) in [6.07, 6.45) is 2.07. The van der Waals surface area contributed by atoms with Crippen LogP contribution in [0.2, 0.25) is 0 Å². The predicted molar refractivity (Wildman–Crippen MR) is 71.9 cm³/mol. The first kappa shape index (κ1) is 17.8. The maximum Gasteiger partial charge on any atom is 0.247 e. The molecule has 0 spiro atoms. The molecule has 4 heteroatoms. The summed E-state index contributed by atoms with van der Waals surface area (Å²) < 4.78 is 0. The number of carbonyl (C=O) groups is 1. The van der Waals surface area contributed by atoms with Crippen molar-refractivity contribution in [1.82, 2.24) is 10.3 Å². The fourth-order valence-corrected chi connectivity index (χ4v) is 0.878. The lowest BCUT2D eigenvalue weighted by Crippen LogP contribution is -2.21. The van der Waals surface area contributed by atoms with Gasteiger partial charge in [0.1, 0.15) is 0 Å². The van der Waals surface area contributed by atoms with Crippen molar-refractivity contribution < 1.29 is 4.79 Å². The molecule has 0 unspecified atom stereocenters. The second kappa shape index (κ2) is 12.5. The SMILES string of the molecule is CC.CC.CCC(=O)NCc1ccc(=O)[nH]c1. The van der Waals surface area contributed by atoms with Gasteiger partial charge in [0.05, 0.1) is 0 Å². The molecule has 0 fully saturated rings. The highest BCUT2D eigenvalue weighted by atomic mass is 16.1. The van der Waals surface area contributed by atoms with Crippen molar-refractivity contribution in [3.05, 3.63) is 34.2 Å². The molecule has 4 nitrogen and oxygen atoms in total. The third-order valence-electron chi connectivity index (χ3n) is 1.66. The Morgan fingerprint density at radius 3 is 2.24 bits per heavy atom. The number of aromatic amines is 1. The average Bonchev–Trinajstić information content (AvgIpc) is 2.42. The maximum atomic E-state index is 10.9. The summed E-state index contributed by atoms with van der Waals surface area (Å²) in [7, 11) is 0. The molecule has 1 heterocycles. The van der Waals surface area contributed by atoms with Gasteiger partial charge in [-0.05, 0) is 5.56 Å². The Hall–Kier alpha value is -1.58. The fourth-order valence-electron chi connectivity index (χ4n) is 0.878. The van der Waals surface area contributed by atoms with Crippen LogP contribution in [-0.2, 0) is 11.3 Å². The third kappa shape index (κ3) is 9.35. The average molecular weight is 240 g/mol. The molecular formula is C13H24N2O2. The zero-order valence-corrected chi connectivity index (χ0v) is 11.5. The minimum Gasteiger partial charge on any atom is -0.352 e. The molecule has 0 bridgehead atoms. The van der Waals surface area contributed by atoms with Gasteiger partial charge in [-0.1, -0.05) is 40.7 Å². The molecule has 0 saturated heterocycles. The van der Waals surface area contributed by atoms with Crippen LogP contribution in [0.25, 0.3) is 0 Å². The molecule has 98 valence electrons. The number of hydrogen-bond donors (Lipinski definition) is 2. The Balaban J connectivity index is 0. The number of rotatable bonds is 3. The molecule has 0 saturated carbocycles. The Morgan fingerprint density at radius 1 is 1.24 bits per heavy atom. The number of amides is 1. The van der Waals surface area contributed by atoms with Crippen LogP contribution in [-0.4, -0.2) is 10.9 Å². The summed E-state index contributed by atoms with van der Waals surface area (Å²) in [6, 6.07) is 3.13. The first-order valence-corrected chi connectivity index (χ1v) is 6.16. The summed E-state index contributed by atoms with van der Waals surface area (Å²) in [6.45, 7) is 10.3. The normalized spacial score (nSPS) is 8.06. The van der Waals surface area contributed by atoms with Crippen molar-refractivity contribution in [2.24, 2.45) is 0 Å². The number of nitrogens with one attached hydrogen (secondary N) is 2. The molecule has 0 aliphatic carbocycles. The van der Waals surface area contributed by atoms with Gasteiger partial charge in [-0.2, -0.15) is 0 Å². The van der Waals surface area contributed by atoms with E-state index in [-0.39, 0.29) is 11.5 Å². The van der Waals surface area contributed by atoms with E-state index in [2.05, 4.69) is 10.3 Å². The quantitative estimate of drug-likeness (QED) is 0.852. The summed E-state index contributed by atoms with van der Waals surface area (Å²) in [5.41, 5.74) is 0.756. The summed E-state index contributed by atoms with van der Waals surface area (Å²) in [4.78, 5) is 24.1. The lowest BCUT2D eigenvalue weighted by atomic mass is 10.3. The van der Waals surface area contributed by atoms with E-state index in [9.17, 15) is 9.59 Å². The van der Waals surface area contributed by atoms with E-state index in [1.54, 1.807) is 19.2 Å². The highest BCUT2D eigenvalue weighted by Gasteiger charge is 1.96. The molecule has 1 rings (SSSR count). The van der Waals surface area contributed by atoms with Gasteiger partial charge >= 0.3 is 0 Å². The standard InChI is InChI=1S/C9H12N2O2.2C2H6/c1-2-8(12)10-5-7-3-4-9(13)11-6-7;2*1-2/h3-4,6H,2,5H2,1H3,(H,10,12)(H,11,13);2*1-2H3. The van der Waals surface area contributed by atoms with Crippen molar-refractivity contribution in [3.8, 4) is 0 Å². The van der Waals surface area contributed by atoms with Crippen molar-refractivity contribution in [2.75, 3.05) is 0 Å². The molecule has 0 aromatic carbocycles. The number of H-pyrrole nitrogens is 1. The lowest BCUT2D eigenvalue weighted by molar-refractivity contribution is -0.120. The van der Waals surface area contributed by atoms with E-state index in [0.29, 0.717) is 13.0 Å². The molecule has 0 atom stereocenters. The molecule has 2 N–H and O–H groups in total. The third-order valence-corrected chi connectivity index (χ3v) is 1.66. The first-order chi connectivity index (χ1) is 8.22. The smallest absolute Gasteiger partial charge is 0.247 e. The van der Waals surface area contributed by atoms with Crippen LogP contribution < -0.4 is 10.9 Å². The largest absolute Gasteiger partial charge is 0.352 e. The highest BCUT2D eigenvalue weighted by molar-refractivity contribution is 5.75. The van der Waals surface area contributed by atoms with Crippen LogP contribution >= 0.6 is 0 Å². The molecule has 1 aromatic heterocycles. The van der Waals surface area contributed by atoms with E-state index in [4.69, 9.17) is 0 Å². The molecule has 0 aliphatic heterocycles. The van der Waals surface area contributed by atoms with Gasteiger partial charge in [0.15, 0.2) is 0 Å². The Morgan fingerprint density at radius 2 is 1.82 bits per heavy atom. The Bertz CT molecular complexity index is 325. The minimum atomic E-state index is -0.134. The van der Waals surface area contributed by atoms with Gasteiger partial charge in [0.2, 0.25) is 11.5 Å². The van der Waals surface area contributed by atoms with Gasteiger partial charge in [-0.3, -0.25) is 9.59 Å². The van der Waals surface area contributed by atoms with Crippen LogP contribution in [0.15, 0.2) is 23.1 Å². The first-order valence-electron chi connectivity index (χ1n) is 6.16. The monoisotopic (exact) mass is 240 g/mol. The second-order valence-corrected chi connectivity index (χ2v) is 2.69. The molecule has 0 radical (unpaired) electrons. The lowest BCUT2D eigenvalue weighted by Gasteiger charge is -2.01. The van der Waals surface area contributed by atoms with Crippen LogP contribution in [0.3, 0.4) is 0 Å². The van der Waals surface area contributed by atoms with Gasteiger partial charge < -0.3 is 10.3 Å². The van der Waals surface area contributed by atoms with Gasteiger partial charge in [0.25, 0.3) is 0 Å². The molecule has 1 amide bonds. The van der Waals surface area contributed by atoms with Crippen molar-refractivity contribution in [1.29, 1.82) is 0 Å². The van der Waals surface area contributed by atoms with E-state index in [0.717, 1.165) is 5.56 Å². The van der Waals surface area contributed by atoms with Crippen molar-refractivity contribution in [2.45, 2.75) is 47.6 Å².